The molecule has 0 spiro atoms. The third-order valence-electron chi connectivity index (χ3n) is 1.46. The maximum atomic E-state index is 11.2. The molecule has 1 unspecified atom stereocenters. The van der Waals surface area contributed by atoms with Gasteiger partial charge >= 0.3 is 6.09 Å². The molecule has 0 aromatic heterocycles. The van der Waals surface area contributed by atoms with Crippen LogP contribution in [0.3, 0.4) is 0 Å². The molecule has 2 N–H and O–H groups in total. The van der Waals surface area contributed by atoms with E-state index >= 15 is 0 Å². The van der Waals surface area contributed by atoms with Crippen LogP contribution in [0.4, 0.5) is 4.79 Å². The lowest BCUT2D eigenvalue weighted by molar-refractivity contribution is 0.0479. The van der Waals surface area contributed by atoms with Crippen LogP contribution in [-0.4, -0.2) is 55.0 Å². The summed E-state index contributed by atoms with van der Waals surface area (Å²) in [7, 11) is 3.72. The molecule has 0 fully saturated rings. The van der Waals surface area contributed by atoms with Crippen molar-refractivity contribution in [1.82, 2.24) is 10.2 Å². The number of ether oxygens (including phenoxy) is 1. The fourth-order valence-corrected chi connectivity index (χ4v) is 1.00. The Balaban J connectivity index is 3.72. The van der Waals surface area contributed by atoms with Crippen molar-refractivity contribution in [2.75, 3.05) is 27.2 Å². The average Bonchev–Trinajstić information content (AvgIpc) is 1.96. The van der Waals surface area contributed by atoms with Gasteiger partial charge in [-0.25, -0.2) is 4.79 Å². The predicted molar refractivity (Wildman–Crippen MR) is 58.8 cm³/mol. The van der Waals surface area contributed by atoms with Crippen LogP contribution in [-0.2, 0) is 4.74 Å². The van der Waals surface area contributed by atoms with Crippen LogP contribution in [0, 0.1) is 0 Å². The van der Waals surface area contributed by atoms with Gasteiger partial charge in [0.05, 0.1) is 6.10 Å². The molecule has 0 saturated heterocycles. The minimum absolute atomic E-state index is 0.201. The molecule has 1 amide bonds. The van der Waals surface area contributed by atoms with Gasteiger partial charge in [-0.1, -0.05) is 0 Å². The fourth-order valence-electron chi connectivity index (χ4n) is 1.00. The third kappa shape index (κ3) is 9.49. The topological polar surface area (TPSA) is 61.8 Å². The second-order valence-electron chi connectivity index (χ2n) is 4.80. The van der Waals surface area contributed by atoms with Gasteiger partial charge < -0.3 is 20.1 Å². The first-order chi connectivity index (χ1) is 6.70. The van der Waals surface area contributed by atoms with Gasteiger partial charge in [-0.3, -0.25) is 0 Å². The number of likely N-dealkylation sites (N-methyl/N-ethyl adjacent to an activating group) is 1. The lowest BCUT2D eigenvalue weighted by atomic mass is 10.2. The molecular weight excluding hydrogens is 196 g/mol. The molecule has 1 atom stereocenters. The fraction of sp³-hybridized carbons (Fsp3) is 0.900. The summed E-state index contributed by atoms with van der Waals surface area (Å²) in [5.41, 5.74) is -0.503. The van der Waals surface area contributed by atoms with Crippen LogP contribution >= 0.6 is 0 Å². The van der Waals surface area contributed by atoms with Crippen LogP contribution in [0.25, 0.3) is 0 Å². The Hall–Kier alpha value is -0.810. The van der Waals surface area contributed by atoms with E-state index in [2.05, 4.69) is 5.32 Å². The molecule has 15 heavy (non-hydrogen) atoms. The van der Waals surface area contributed by atoms with E-state index in [1.165, 1.54) is 0 Å². The van der Waals surface area contributed by atoms with E-state index < -0.39 is 17.8 Å². The summed E-state index contributed by atoms with van der Waals surface area (Å²) in [6, 6.07) is 0. The maximum absolute atomic E-state index is 11.2. The molecule has 0 saturated carbocycles. The highest BCUT2D eigenvalue weighted by Gasteiger charge is 2.16. The molecule has 5 heteroatoms. The van der Waals surface area contributed by atoms with Gasteiger partial charge in [0.15, 0.2) is 0 Å². The van der Waals surface area contributed by atoms with Crippen LogP contribution in [0.2, 0.25) is 0 Å². The third-order valence-corrected chi connectivity index (χ3v) is 1.46. The highest BCUT2D eigenvalue weighted by Crippen LogP contribution is 2.06. The normalized spacial score (nSPS) is 13.8. The zero-order valence-corrected chi connectivity index (χ0v) is 10.2. The molecule has 0 rings (SSSR count). The van der Waals surface area contributed by atoms with Gasteiger partial charge in [-0.15, -0.1) is 0 Å². The van der Waals surface area contributed by atoms with E-state index in [9.17, 15) is 9.90 Å². The summed E-state index contributed by atoms with van der Waals surface area (Å²) in [6.07, 6.45) is -1.08. The number of hydrogen-bond donors (Lipinski definition) is 2. The molecule has 0 heterocycles. The quantitative estimate of drug-likeness (QED) is 0.718. The molecule has 0 aliphatic rings. The Labute approximate surface area is 91.4 Å². The number of carbonyl (C=O) groups excluding carboxylic acids is 1. The molecule has 5 nitrogen and oxygen atoms in total. The molecule has 0 aliphatic heterocycles. The number of carbonyl (C=O) groups is 1. The number of nitrogens with zero attached hydrogens (tertiary/aromatic N) is 1. The largest absolute Gasteiger partial charge is 0.444 e. The van der Waals surface area contributed by atoms with Gasteiger partial charge in [0.25, 0.3) is 0 Å². The molecule has 0 radical (unpaired) electrons. The van der Waals surface area contributed by atoms with E-state index in [0.717, 1.165) is 0 Å². The molecule has 0 aliphatic carbocycles. The van der Waals surface area contributed by atoms with Crippen molar-refractivity contribution in [1.29, 1.82) is 0 Å². The number of amides is 1. The summed E-state index contributed by atoms with van der Waals surface area (Å²) in [5, 5.41) is 12.0. The maximum Gasteiger partial charge on any atom is 0.407 e. The van der Waals surface area contributed by atoms with Crippen LogP contribution < -0.4 is 5.32 Å². The van der Waals surface area contributed by atoms with E-state index in [1.807, 2.05) is 19.0 Å². The average molecular weight is 218 g/mol. The Bertz CT molecular complexity index is 199. The molecular formula is C10H22N2O3. The predicted octanol–water partition coefficient (Wildman–Crippen LogP) is 0.434. The Morgan fingerprint density at radius 3 is 2.40 bits per heavy atom. The number of hydrogen-bond acceptors (Lipinski definition) is 4. The first-order valence-electron chi connectivity index (χ1n) is 5.00. The SMILES string of the molecule is CN(C)CC(O)CNC(=O)OC(C)(C)C. The van der Waals surface area contributed by atoms with E-state index in [-0.39, 0.29) is 6.54 Å². The highest BCUT2D eigenvalue weighted by atomic mass is 16.6. The lowest BCUT2D eigenvalue weighted by Gasteiger charge is -2.21. The lowest BCUT2D eigenvalue weighted by Crippen LogP contribution is -2.40. The Kier molecular flexibility index (Phi) is 5.60. The van der Waals surface area contributed by atoms with E-state index in [4.69, 9.17) is 4.74 Å². The van der Waals surface area contributed by atoms with Crippen molar-refractivity contribution in [3.63, 3.8) is 0 Å². The Morgan fingerprint density at radius 2 is 2.00 bits per heavy atom. The van der Waals surface area contributed by atoms with Crippen molar-refractivity contribution < 1.29 is 14.6 Å². The van der Waals surface area contributed by atoms with Crippen LogP contribution in [0.1, 0.15) is 20.8 Å². The standard InChI is InChI=1S/C10H22N2O3/c1-10(2,3)15-9(14)11-6-8(13)7-12(4)5/h8,13H,6-7H2,1-5H3,(H,11,14). The van der Waals surface area contributed by atoms with Gasteiger partial charge in [0, 0.05) is 13.1 Å². The summed E-state index contributed by atoms with van der Waals surface area (Å²) < 4.78 is 5.02. The van der Waals surface area contributed by atoms with Crippen LogP contribution in [0.5, 0.6) is 0 Å². The van der Waals surface area contributed by atoms with Crippen molar-refractivity contribution in [3.05, 3.63) is 0 Å². The molecule has 90 valence electrons. The zero-order valence-electron chi connectivity index (χ0n) is 10.2. The first kappa shape index (κ1) is 14.2. The molecule has 0 aromatic rings. The molecule has 0 bridgehead atoms. The number of nitrogens with one attached hydrogen (secondary N) is 1. The number of alkyl carbamates (subject to hydrolysis) is 1. The molecule has 0 aromatic carbocycles. The number of rotatable bonds is 4. The van der Waals surface area contributed by atoms with Gasteiger partial charge in [-0.2, -0.15) is 0 Å². The first-order valence-corrected chi connectivity index (χ1v) is 5.00. The summed E-state index contributed by atoms with van der Waals surface area (Å²) in [4.78, 5) is 13.0. The summed E-state index contributed by atoms with van der Waals surface area (Å²) >= 11 is 0. The van der Waals surface area contributed by atoms with Crippen molar-refractivity contribution >= 4 is 6.09 Å². The second kappa shape index (κ2) is 5.92. The van der Waals surface area contributed by atoms with Crippen LogP contribution in [0.15, 0.2) is 0 Å². The smallest absolute Gasteiger partial charge is 0.407 e. The van der Waals surface area contributed by atoms with Crippen molar-refractivity contribution in [2.24, 2.45) is 0 Å². The van der Waals surface area contributed by atoms with Crippen molar-refractivity contribution in [3.8, 4) is 0 Å². The van der Waals surface area contributed by atoms with Crippen molar-refractivity contribution in [2.45, 2.75) is 32.5 Å². The minimum atomic E-state index is -0.576. The Morgan fingerprint density at radius 1 is 1.47 bits per heavy atom. The zero-order chi connectivity index (χ0) is 12.1. The number of aliphatic hydroxyl groups excluding tert-OH is 1. The summed E-state index contributed by atoms with van der Waals surface area (Å²) in [6.45, 7) is 6.09. The summed E-state index contributed by atoms with van der Waals surface area (Å²) in [5.74, 6) is 0. The highest BCUT2D eigenvalue weighted by molar-refractivity contribution is 5.67. The van der Waals surface area contributed by atoms with E-state index in [1.54, 1.807) is 20.8 Å². The minimum Gasteiger partial charge on any atom is -0.444 e. The van der Waals surface area contributed by atoms with Gasteiger partial charge in [-0.05, 0) is 34.9 Å². The van der Waals surface area contributed by atoms with E-state index in [0.29, 0.717) is 6.54 Å². The number of aliphatic hydroxyl groups is 1. The van der Waals surface area contributed by atoms with Gasteiger partial charge in [0.1, 0.15) is 5.60 Å². The second-order valence-corrected chi connectivity index (χ2v) is 4.80. The monoisotopic (exact) mass is 218 g/mol. The van der Waals surface area contributed by atoms with Gasteiger partial charge in [0.2, 0.25) is 0 Å².